The number of nitrogens with two attached hydrogens (primary N) is 2. The van der Waals surface area contributed by atoms with E-state index < -0.39 is 0 Å². The van der Waals surface area contributed by atoms with Crippen LogP contribution in [0.2, 0.25) is 0 Å². The molecule has 3 aromatic heterocycles. The molecule has 9 aromatic carbocycles. The van der Waals surface area contributed by atoms with Gasteiger partial charge in [0.05, 0.1) is 44.2 Å². The summed E-state index contributed by atoms with van der Waals surface area (Å²) < 4.78 is 20.8. The van der Waals surface area contributed by atoms with E-state index in [9.17, 15) is 29.7 Å². The summed E-state index contributed by atoms with van der Waals surface area (Å²) in [6, 6.07) is 59.2. The first-order valence-corrected chi connectivity index (χ1v) is 34.8. The molecule has 3 heterocycles. The molecule has 0 aliphatic carbocycles. The van der Waals surface area contributed by atoms with Crippen molar-refractivity contribution in [2.24, 2.45) is 0 Å². The fourth-order valence-electron chi connectivity index (χ4n) is 11.4. The van der Waals surface area contributed by atoms with Crippen molar-refractivity contribution in [2.45, 2.75) is 97.8 Å². The minimum atomic E-state index is -0.211. The van der Waals surface area contributed by atoms with E-state index in [1.54, 1.807) is 24.3 Å². The lowest BCUT2D eigenvalue weighted by atomic mass is 9.96. The average molecular weight is 1590 g/mol. The number of carbonyl (C=O) groups is 3. The summed E-state index contributed by atoms with van der Waals surface area (Å²) in [7, 11) is 0. The molecular weight excluding hydrogens is 1520 g/mol. The predicted octanol–water partition coefficient (Wildman–Crippen LogP) is 20.2. The summed E-state index contributed by atoms with van der Waals surface area (Å²) >= 11 is 10.8. The van der Waals surface area contributed by atoms with Gasteiger partial charge in [-0.25, -0.2) is 0 Å². The molecule has 15 heteroatoms. The molecule has 0 atom stereocenters. The molecule has 0 radical (unpaired) electrons. The second-order valence-corrected chi connectivity index (χ2v) is 27.0. The number of phenols is 3. The number of hydrogen-bond donors (Lipinski definition) is 5. The quantitative estimate of drug-likeness (QED) is 0.0198. The van der Waals surface area contributed by atoms with Crippen LogP contribution in [-0.4, -0.2) is 32.7 Å². The van der Waals surface area contributed by atoms with Crippen LogP contribution in [-0.2, 0) is 57.8 Å². The van der Waals surface area contributed by atoms with E-state index in [2.05, 4.69) is 176 Å². The molecule has 0 fully saturated rings. The molecule has 0 aliphatic heterocycles. The molecule has 12 rings (SSSR count). The zero-order chi connectivity index (χ0) is 65.9. The Labute approximate surface area is 585 Å². The van der Waals surface area contributed by atoms with Gasteiger partial charge in [0.15, 0.2) is 23.1 Å². The number of halogens is 4. The molecule has 0 bridgehead atoms. The smallest absolute Gasteiger partial charge is 0.197 e. The molecule has 0 aliphatic rings. The van der Waals surface area contributed by atoms with Crippen LogP contribution in [0.25, 0.3) is 32.9 Å². The van der Waals surface area contributed by atoms with Crippen LogP contribution < -0.4 is 11.5 Å². The number of aryl methyl sites for hydroxylation is 9. The van der Waals surface area contributed by atoms with Gasteiger partial charge >= 0.3 is 0 Å². The topological polar surface area (TPSA) is 203 Å². The zero-order valence-corrected chi connectivity index (χ0v) is 59.3. The van der Waals surface area contributed by atoms with Gasteiger partial charge in [0.2, 0.25) is 0 Å². The van der Waals surface area contributed by atoms with E-state index in [0.717, 1.165) is 96.4 Å². The number of phenolic OH excluding ortho intramolecular Hbond substituents is 3. The lowest BCUT2D eigenvalue weighted by Gasteiger charge is -2.07. The Kier molecular flexibility index (Phi) is 22.9. The highest BCUT2D eigenvalue weighted by Gasteiger charge is 2.27. The Balaban J connectivity index is 0.000000153. The van der Waals surface area contributed by atoms with E-state index >= 15 is 0 Å². The lowest BCUT2D eigenvalue weighted by molar-refractivity contribution is 0.103. The van der Waals surface area contributed by atoms with Gasteiger partial charge in [0, 0.05) is 52.1 Å². The van der Waals surface area contributed by atoms with Gasteiger partial charge in [-0.15, -0.1) is 0 Å². The second kappa shape index (κ2) is 31.3. The summed E-state index contributed by atoms with van der Waals surface area (Å²) in [5.74, 6) is 1.81. The predicted molar refractivity (Wildman–Crippen MR) is 396 cm³/mol. The van der Waals surface area contributed by atoms with Crippen molar-refractivity contribution >= 4 is 139 Å². The van der Waals surface area contributed by atoms with Gasteiger partial charge in [-0.1, -0.05) is 148 Å². The van der Waals surface area contributed by atoms with E-state index in [1.165, 1.54) is 39.9 Å². The van der Waals surface area contributed by atoms with E-state index in [0.29, 0.717) is 85.8 Å². The van der Waals surface area contributed by atoms with Gasteiger partial charge in [0.1, 0.15) is 45.5 Å². The largest absolute Gasteiger partial charge is 0.506 e. The van der Waals surface area contributed by atoms with Crippen molar-refractivity contribution in [1.82, 2.24) is 0 Å². The molecule has 474 valence electrons. The monoisotopic (exact) mass is 1590 g/mol. The van der Waals surface area contributed by atoms with Crippen molar-refractivity contribution in [2.75, 3.05) is 11.5 Å². The fraction of sp³-hybridized carbons (Fsp3) is 0.192. The summed E-state index contributed by atoms with van der Waals surface area (Å²) in [5, 5.41) is 32.4. The number of fused-ring (bicyclic) bond motifs is 3. The Bertz CT molecular complexity index is 4140. The third-order valence-electron chi connectivity index (χ3n) is 16.2. The highest BCUT2D eigenvalue weighted by molar-refractivity contribution is 14.1. The van der Waals surface area contributed by atoms with Gasteiger partial charge in [0.25, 0.3) is 0 Å². The van der Waals surface area contributed by atoms with Gasteiger partial charge in [-0.2, -0.15) is 0 Å². The van der Waals surface area contributed by atoms with Crippen LogP contribution in [0.15, 0.2) is 204 Å². The zero-order valence-electron chi connectivity index (χ0n) is 51.8. The van der Waals surface area contributed by atoms with Gasteiger partial charge < -0.3 is 40.0 Å². The maximum absolute atomic E-state index is 13.5. The van der Waals surface area contributed by atoms with E-state index in [1.807, 2.05) is 67.6 Å². The van der Waals surface area contributed by atoms with Crippen LogP contribution in [0, 0.1) is 7.14 Å². The highest BCUT2D eigenvalue weighted by atomic mass is 127. The van der Waals surface area contributed by atoms with Gasteiger partial charge in [-0.05, 0) is 223 Å². The fourth-order valence-corrected chi connectivity index (χ4v) is 14.4. The number of rotatable bonds is 21. The Morgan fingerprint density at radius 2 is 0.656 bits per heavy atom. The third kappa shape index (κ3) is 16.2. The molecule has 93 heavy (non-hydrogen) atoms. The standard InChI is InChI=1S/C26H22Br2O3.C26H22I2O3.C26H26N2O3/c3*1-2-6-22-24(25(29)18-14-20(27)26(30)21(28)15-18)19-12-11-17(13-23(19)31-22)10-9-16-7-4-3-5-8-16/h2*3-5,7-8,11-15,30H,2,6,9-10H2,1H3;3-5,7-8,11-15,30H,2,6,9-10,27-28H2,1H3. The van der Waals surface area contributed by atoms with E-state index in [-0.39, 0.29) is 46.0 Å². The number of ketones is 3. The summed E-state index contributed by atoms with van der Waals surface area (Å²) in [4.78, 5) is 40.3. The first-order valence-electron chi connectivity index (χ1n) is 31.1. The highest BCUT2D eigenvalue weighted by Crippen LogP contribution is 2.39. The van der Waals surface area contributed by atoms with Crippen molar-refractivity contribution in [3.8, 4) is 17.2 Å². The number of nitrogen functional groups attached to an aromatic ring is 2. The second-order valence-electron chi connectivity index (χ2n) is 23.0. The molecule has 0 saturated carbocycles. The number of furan rings is 3. The summed E-state index contributed by atoms with van der Waals surface area (Å²) in [5.41, 5.74) is 24.6. The van der Waals surface area contributed by atoms with Crippen LogP contribution >= 0.6 is 77.0 Å². The average Bonchev–Trinajstić information content (AvgIpc) is 1.67. The molecule has 0 amide bonds. The molecule has 12 aromatic rings. The maximum atomic E-state index is 13.5. The molecule has 0 spiro atoms. The Morgan fingerprint density at radius 3 is 0.968 bits per heavy atom. The SMILES string of the molecule is CCCc1oc2cc(CCc3ccccc3)ccc2c1C(=O)c1cc(Br)c(O)c(Br)c1.CCCc1oc2cc(CCc3ccccc3)ccc2c1C(=O)c1cc(I)c(O)c(I)c1.CCCc1oc2cc(CCc3ccccc3)ccc2c1C(=O)c1cc(N)c(O)c(N)c1. The van der Waals surface area contributed by atoms with Crippen molar-refractivity contribution in [3.05, 3.63) is 282 Å². The third-order valence-corrected chi connectivity index (χ3v) is 19.1. The first kappa shape index (κ1) is 67.9. The van der Waals surface area contributed by atoms with Crippen LogP contribution in [0.5, 0.6) is 17.2 Å². The molecule has 0 saturated heterocycles. The number of hydrogen-bond acceptors (Lipinski definition) is 11. The maximum Gasteiger partial charge on any atom is 0.197 e. The molecular formula is C78H70Br2I2N2O9. The summed E-state index contributed by atoms with van der Waals surface area (Å²) in [6.07, 6.45) is 10.2. The number of carbonyl (C=O) groups excluding carboxylic acids is 3. The number of aromatic hydroxyl groups is 3. The Morgan fingerprint density at radius 1 is 0.366 bits per heavy atom. The van der Waals surface area contributed by atoms with Crippen molar-refractivity contribution in [3.63, 3.8) is 0 Å². The molecule has 7 N–H and O–H groups in total. The van der Waals surface area contributed by atoms with E-state index in [4.69, 9.17) is 24.7 Å². The van der Waals surface area contributed by atoms with Gasteiger partial charge in [-0.3, -0.25) is 14.4 Å². The van der Waals surface area contributed by atoms with Crippen LogP contribution in [0.3, 0.4) is 0 Å². The normalized spacial score (nSPS) is 11.2. The Hall–Kier alpha value is -7.97. The number of benzene rings is 9. The molecule has 0 unspecified atom stereocenters. The first-order chi connectivity index (χ1) is 44.9. The van der Waals surface area contributed by atoms with Crippen LogP contribution in [0.4, 0.5) is 11.4 Å². The van der Waals surface area contributed by atoms with Crippen molar-refractivity contribution in [1.29, 1.82) is 0 Å². The van der Waals surface area contributed by atoms with Crippen LogP contribution in [0.1, 0.15) is 138 Å². The molecule has 11 nitrogen and oxygen atoms in total. The number of anilines is 2. The summed E-state index contributed by atoms with van der Waals surface area (Å²) in [6.45, 7) is 6.20. The minimum Gasteiger partial charge on any atom is -0.506 e. The van der Waals surface area contributed by atoms with Crippen molar-refractivity contribution < 1.29 is 43.0 Å². The minimum absolute atomic E-state index is 0.0601. The lowest BCUT2D eigenvalue weighted by Crippen LogP contribution is -2.06.